The summed E-state index contributed by atoms with van der Waals surface area (Å²) in [6, 6.07) is 14.0. The molecule has 1 amide bonds. The Bertz CT molecular complexity index is 695. The van der Waals surface area contributed by atoms with Crippen LogP contribution in [0.2, 0.25) is 0 Å². The van der Waals surface area contributed by atoms with Crippen molar-refractivity contribution in [2.24, 2.45) is 0 Å². The van der Waals surface area contributed by atoms with Crippen LogP contribution in [0.3, 0.4) is 0 Å². The quantitative estimate of drug-likeness (QED) is 0.612. The first-order valence-electron chi connectivity index (χ1n) is 7.76. The minimum Gasteiger partial charge on any atom is -0.493 e. The summed E-state index contributed by atoms with van der Waals surface area (Å²) in [4.78, 5) is 23.9. The topological polar surface area (TPSA) is 55.4 Å². The predicted molar refractivity (Wildman–Crippen MR) is 91.2 cm³/mol. The van der Waals surface area contributed by atoms with Gasteiger partial charge < -0.3 is 10.1 Å². The Hall–Kier alpha value is -2.62. The number of ether oxygens (including phenoxy) is 1. The second-order valence-corrected chi connectivity index (χ2v) is 5.29. The van der Waals surface area contributed by atoms with E-state index < -0.39 is 0 Å². The van der Waals surface area contributed by atoms with Gasteiger partial charge in [0.25, 0.3) is 5.91 Å². The molecule has 0 spiro atoms. The molecule has 2 aromatic carbocycles. The largest absolute Gasteiger partial charge is 0.493 e. The van der Waals surface area contributed by atoms with Crippen molar-refractivity contribution in [3.05, 3.63) is 59.7 Å². The van der Waals surface area contributed by atoms with Gasteiger partial charge in [-0.25, -0.2) is 0 Å². The van der Waals surface area contributed by atoms with E-state index in [4.69, 9.17) is 4.74 Å². The summed E-state index contributed by atoms with van der Waals surface area (Å²) in [5, 5.41) is 2.81. The van der Waals surface area contributed by atoms with Crippen molar-refractivity contribution in [3.8, 4) is 5.75 Å². The zero-order chi connectivity index (χ0) is 16.7. The molecule has 0 aliphatic heterocycles. The van der Waals surface area contributed by atoms with Crippen molar-refractivity contribution in [1.29, 1.82) is 0 Å². The van der Waals surface area contributed by atoms with E-state index in [1.807, 2.05) is 6.07 Å². The lowest BCUT2D eigenvalue weighted by Crippen LogP contribution is -2.14. The highest BCUT2D eigenvalue weighted by Gasteiger charge is 2.12. The average molecular weight is 311 g/mol. The molecule has 0 radical (unpaired) electrons. The lowest BCUT2D eigenvalue weighted by Gasteiger charge is -2.11. The van der Waals surface area contributed by atoms with Gasteiger partial charge in [-0.3, -0.25) is 9.59 Å². The third-order valence-electron chi connectivity index (χ3n) is 3.41. The molecular weight excluding hydrogens is 290 g/mol. The maximum atomic E-state index is 12.5. The average Bonchev–Trinajstić information content (AvgIpc) is 2.55. The third-order valence-corrected chi connectivity index (χ3v) is 3.41. The van der Waals surface area contributed by atoms with Gasteiger partial charge in [-0.05, 0) is 37.6 Å². The normalized spacial score (nSPS) is 10.2. The number of anilines is 1. The molecule has 0 saturated heterocycles. The molecule has 0 aromatic heterocycles. The Morgan fingerprint density at radius 2 is 1.87 bits per heavy atom. The number of para-hydroxylation sites is 1. The Morgan fingerprint density at radius 3 is 2.61 bits per heavy atom. The molecule has 0 unspecified atom stereocenters. The van der Waals surface area contributed by atoms with Crippen LogP contribution in [0.25, 0.3) is 0 Å². The Labute approximate surface area is 136 Å². The fraction of sp³-hybridized carbons (Fsp3) is 0.263. The van der Waals surface area contributed by atoms with E-state index in [2.05, 4.69) is 12.2 Å². The van der Waals surface area contributed by atoms with E-state index in [9.17, 15) is 9.59 Å². The molecule has 0 aliphatic rings. The molecule has 0 aliphatic carbocycles. The SMILES string of the molecule is CCCCOc1ccccc1C(=O)Nc1cccc(C(C)=O)c1. The molecule has 120 valence electrons. The molecule has 1 N–H and O–H groups in total. The van der Waals surface area contributed by atoms with Crippen molar-refractivity contribution in [2.75, 3.05) is 11.9 Å². The maximum absolute atomic E-state index is 12.5. The van der Waals surface area contributed by atoms with E-state index in [-0.39, 0.29) is 11.7 Å². The number of carbonyl (C=O) groups is 2. The van der Waals surface area contributed by atoms with Crippen LogP contribution in [0.4, 0.5) is 5.69 Å². The van der Waals surface area contributed by atoms with Crippen LogP contribution in [0.1, 0.15) is 47.4 Å². The number of nitrogens with one attached hydrogen (secondary N) is 1. The minimum atomic E-state index is -0.252. The Kier molecular flexibility index (Phi) is 5.92. The van der Waals surface area contributed by atoms with Gasteiger partial charge in [0.05, 0.1) is 12.2 Å². The minimum absolute atomic E-state index is 0.0376. The highest BCUT2D eigenvalue weighted by molar-refractivity contribution is 6.06. The van der Waals surface area contributed by atoms with E-state index in [1.54, 1.807) is 42.5 Å². The third kappa shape index (κ3) is 4.68. The maximum Gasteiger partial charge on any atom is 0.259 e. The van der Waals surface area contributed by atoms with Crippen molar-refractivity contribution < 1.29 is 14.3 Å². The number of hydrogen-bond acceptors (Lipinski definition) is 3. The second-order valence-electron chi connectivity index (χ2n) is 5.29. The smallest absolute Gasteiger partial charge is 0.259 e. The number of unbranched alkanes of at least 4 members (excludes halogenated alkanes) is 1. The Morgan fingerprint density at radius 1 is 1.09 bits per heavy atom. The number of ketones is 1. The molecule has 0 bridgehead atoms. The molecule has 0 saturated carbocycles. The second kappa shape index (κ2) is 8.13. The summed E-state index contributed by atoms with van der Waals surface area (Å²) in [5.74, 6) is 0.281. The lowest BCUT2D eigenvalue weighted by molar-refractivity contribution is 0.100. The van der Waals surface area contributed by atoms with Crippen molar-refractivity contribution in [3.63, 3.8) is 0 Å². The summed E-state index contributed by atoms with van der Waals surface area (Å²) in [6.45, 7) is 4.17. The fourth-order valence-corrected chi connectivity index (χ4v) is 2.12. The number of hydrogen-bond donors (Lipinski definition) is 1. The number of rotatable bonds is 7. The molecule has 0 atom stereocenters. The van der Waals surface area contributed by atoms with Crippen molar-refractivity contribution in [1.82, 2.24) is 0 Å². The van der Waals surface area contributed by atoms with Crippen molar-refractivity contribution in [2.45, 2.75) is 26.7 Å². The van der Waals surface area contributed by atoms with E-state index >= 15 is 0 Å². The summed E-state index contributed by atoms with van der Waals surface area (Å²) in [7, 11) is 0. The Balaban J connectivity index is 2.14. The summed E-state index contributed by atoms with van der Waals surface area (Å²) < 4.78 is 5.68. The molecule has 0 heterocycles. The fourth-order valence-electron chi connectivity index (χ4n) is 2.12. The van der Waals surface area contributed by atoms with Gasteiger partial charge in [0.2, 0.25) is 0 Å². The van der Waals surface area contributed by atoms with E-state index in [1.165, 1.54) is 6.92 Å². The lowest BCUT2D eigenvalue weighted by atomic mass is 10.1. The van der Waals surface area contributed by atoms with Crippen LogP contribution < -0.4 is 10.1 Å². The van der Waals surface area contributed by atoms with Crippen LogP contribution in [0, 0.1) is 0 Å². The zero-order valence-electron chi connectivity index (χ0n) is 13.5. The van der Waals surface area contributed by atoms with E-state index in [0.717, 1.165) is 12.8 Å². The van der Waals surface area contributed by atoms with Gasteiger partial charge in [0.1, 0.15) is 5.75 Å². The molecule has 0 fully saturated rings. The number of benzene rings is 2. The standard InChI is InChI=1S/C19H21NO3/c1-3-4-12-23-18-11-6-5-10-17(18)19(22)20-16-9-7-8-15(13-16)14(2)21/h5-11,13H,3-4,12H2,1-2H3,(H,20,22). The van der Waals surface area contributed by atoms with Gasteiger partial charge in [0, 0.05) is 11.3 Å². The van der Waals surface area contributed by atoms with Crippen molar-refractivity contribution >= 4 is 17.4 Å². The van der Waals surface area contributed by atoms with Crippen LogP contribution >= 0.6 is 0 Å². The number of Topliss-reactive ketones (excluding diaryl/α,β-unsaturated/α-hetero) is 1. The summed E-state index contributed by atoms with van der Waals surface area (Å²) in [5.41, 5.74) is 1.64. The van der Waals surface area contributed by atoms with Crippen LogP contribution in [-0.2, 0) is 0 Å². The molecule has 23 heavy (non-hydrogen) atoms. The predicted octanol–water partition coefficient (Wildman–Crippen LogP) is 4.32. The first-order chi connectivity index (χ1) is 11.1. The van der Waals surface area contributed by atoms with Gasteiger partial charge in [-0.1, -0.05) is 37.6 Å². The first-order valence-corrected chi connectivity index (χ1v) is 7.76. The zero-order valence-corrected chi connectivity index (χ0v) is 13.5. The molecular formula is C19H21NO3. The van der Waals surface area contributed by atoms with Gasteiger partial charge in [0.15, 0.2) is 5.78 Å². The first kappa shape index (κ1) is 16.7. The van der Waals surface area contributed by atoms with Crippen LogP contribution in [0.5, 0.6) is 5.75 Å². The number of amides is 1. The van der Waals surface area contributed by atoms with Gasteiger partial charge in [-0.15, -0.1) is 0 Å². The molecule has 4 nitrogen and oxygen atoms in total. The van der Waals surface area contributed by atoms with E-state index in [0.29, 0.717) is 29.2 Å². The molecule has 2 rings (SSSR count). The van der Waals surface area contributed by atoms with Gasteiger partial charge >= 0.3 is 0 Å². The highest BCUT2D eigenvalue weighted by atomic mass is 16.5. The summed E-state index contributed by atoms with van der Waals surface area (Å²) >= 11 is 0. The van der Waals surface area contributed by atoms with Gasteiger partial charge in [-0.2, -0.15) is 0 Å². The monoisotopic (exact) mass is 311 g/mol. The number of carbonyl (C=O) groups excluding carboxylic acids is 2. The van der Waals surface area contributed by atoms with Crippen LogP contribution in [0.15, 0.2) is 48.5 Å². The summed E-state index contributed by atoms with van der Waals surface area (Å²) in [6.07, 6.45) is 1.98. The molecule has 4 heteroatoms. The molecule has 2 aromatic rings. The van der Waals surface area contributed by atoms with Crippen LogP contribution in [-0.4, -0.2) is 18.3 Å². The highest BCUT2D eigenvalue weighted by Crippen LogP contribution is 2.20.